The van der Waals surface area contributed by atoms with Crippen LogP contribution in [0.5, 0.6) is 5.75 Å². The molecule has 0 saturated heterocycles. The molecule has 0 aliphatic carbocycles. The molecule has 1 atom stereocenters. The van der Waals surface area contributed by atoms with Gasteiger partial charge in [-0.1, -0.05) is 64.0 Å². The van der Waals surface area contributed by atoms with E-state index in [2.05, 4.69) is 40.4 Å². The van der Waals surface area contributed by atoms with Crippen LogP contribution in [0.3, 0.4) is 0 Å². The minimum Gasteiger partial charge on any atom is -0.494 e. The molecule has 0 aliphatic rings. The summed E-state index contributed by atoms with van der Waals surface area (Å²) in [5.41, 5.74) is 1.34. The molecular formula is C17H29OP. The van der Waals surface area contributed by atoms with Gasteiger partial charge in [-0.05, 0) is 30.3 Å². The molecular weight excluding hydrogens is 251 g/mol. The van der Waals surface area contributed by atoms with Crippen molar-refractivity contribution in [3.05, 3.63) is 29.8 Å². The molecule has 1 unspecified atom stereocenters. The van der Waals surface area contributed by atoms with Crippen LogP contribution in [0.2, 0.25) is 0 Å². The quantitative estimate of drug-likeness (QED) is 0.380. The summed E-state index contributed by atoms with van der Waals surface area (Å²) in [7, 11) is 2.74. The Kier molecular flexibility index (Phi) is 9.81. The van der Waals surface area contributed by atoms with Crippen molar-refractivity contribution in [1.29, 1.82) is 0 Å². The Balaban J connectivity index is 1.95. The topological polar surface area (TPSA) is 9.23 Å². The van der Waals surface area contributed by atoms with Gasteiger partial charge in [0.1, 0.15) is 5.75 Å². The fourth-order valence-corrected chi connectivity index (χ4v) is 2.42. The molecule has 0 heterocycles. The Morgan fingerprint density at radius 3 is 2.00 bits per heavy atom. The third-order valence-electron chi connectivity index (χ3n) is 3.43. The van der Waals surface area contributed by atoms with E-state index in [9.17, 15) is 0 Å². The first-order valence-electron chi connectivity index (χ1n) is 7.78. The van der Waals surface area contributed by atoms with Crippen LogP contribution in [0.1, 0.15) is 63.9 Å². The van der Waals surface area contributed by atoms with Gasteiger partial charge in [0.05, 0.1) is 6.61 Å². The Morgan fingerprint density at radius 2 is 1.42 bits per heavy atom. The molecule has 1 aromatic rings. The lowest BCUT2D eigenvalue weighted by atomic mass is 10.1. The highest BCUT2D eigenvalue weighted by molar-refractivity contribution is 7.15. The molecule has 0 spiro atoms. The van der Waals surface area contributed by atoms with E-state index < -0.39 is 0 Å². The van der Waals surface area contributed by atoms with Gasteiger partial charge in [0, 0.05) is 0 Å². The molecule has 0 N–H and O–H groups in total. The highest BCUT2D eigenvalue weighted by Gasteiger charge is 1.95. The van der Waals surface area contributed by atoms with Gasteiger partial charge in [-0.25, -0.2) is 0 Å². The number of rotatable bonds is 11. The molecule has 2 heteroatoms. The van der Waals surface area contributed by atoms with E-state index in [1.54, 1.807) is 0 Å². The minimum atomic E-state index is 0.856. The van der Waals surface area contributed by atoms with Gasteiger partial charge in [0.25, 0.3) is 0 Å². The average molecular weight is 280 g/mol. The Bertz CT molecular complexity index is 308. The Hall–Kier alpha value is -0.550. The van der Waals surface area contributed by atoms with Crippen molar-refractivity contribution < 1.29 is 4.74 Å². The van der Waals surface area contributed by atoms with Gasteiger partial charge < -0.3 is 4.74 Å². The van der Waals surface area contributed by atoms with Crippen molar-refractivity contribution in [3.8, 4) is 5.75 Å². The molecule has 0 aromatic heterocycles. The van der Waals surface area contributed by atoms with E-state index in [0.717, 1.165) is 18.5 Å². The van der Waals surface area contributed by atoms with Crippen LogP contribution in [0.15, 0.2) is 24.3 Å². The molecule has 0 fully saturated rings. The molecule has 1 aromatic carbocycles. The zero-order valence-corrected chi connectivity index (χ0v) is 13.5. The maximum atomic E-state index is 5.74. The van der Waals surface area contributed by atoms with Crippen molar-refractivity contribution in [1.82, 2.24) is 0 Å². The highest BCUT2D eigenvalue weighted by Crippen LogP contribution is 2.15. The summed E-state index contributed by atoms with van der Waals surface area (Å²) in [5, 5.41) is 0. The minimum absolute atomic E-state index is 0.856. The van der Waals surface area contributed by atoms with Gasteiger partial charge in [-0.15, -0.1) is 9.24 Å². The van der Waals surface area contributed by atoms with E-state index in [1.165, 1.54) is 56.9 Å². The van der Waals surface area contributed by atoms with Gasteiger partial charge in [0.2, 0.25) is 0 Å². The van der Waals surface area contributed by atoms with Crippen LogP contribution in [-0.2, 0) is 6.16 Å². The monoisotopic (exact) mass is 280 g/mol. The zero-order chi connectivity index (χ0) is 13.8. The fourth-order valence-electron chi connectivity index (χ4n) is 2.15. The second-order valence-electron chi connectivity index (χ2n) is 5.17. The number of ether oxygens (including phenoxy) is 1. The van der Waals surface area contributed by atoms with E-state index in [0.29, 0.717) is 0 Å². The Morgan fingerprint density at radius 1 is 0.842 bits per heavy atom. The largest absolute Gasteiger partial charge is 0.494 e. The van der Waals surface area contributed by atoms with E-state index in [4.69, 9.17) is 4.74 Å². The Labute approximate surface area is 121 Å². The summed E-state index contributed by atoms with van der Waals surface area (Å²) in [5.74, 6) is 1.00. The second-order valence-corrected chi connectivity index (χ2v) is 5.58. The van der Waals surface area contributed by atoms with Gasteiger partial charge in [-0.3, -0.25) is 0 Å². The maximum absolute atomic E-state index is 5.74. The number of hydrogen-bond donors (Lipinski definition) is 0. The molecule has 1 nitrogen and oxygen atoms in total. The first kappa shape index (κ1) is 16.5. The molecule has 0 aliphatic heterocycles. The van der Waals surface area contributed by atoms with Crippen LogP contribution in [0, 0.1) is 0 Å². The first-order valence-corrected chi connectivity index (χ1v) is 8.60. The molecule has 0 amide bonds. The second kappa shape index (κ2) is 11.3. The van der Waals surface area contributed by atoms with Crippen molar-refractivity contribution in [2.75, 3.05) is 6.61 Å². The van der Waals surface area contributed by atoms with E-state index >= 15 is 0 Å². The molecule has 19 heavy (non-hydrogen) atoms. The molecule has 0 saturated carbocycles. The summed E-state index contributed by atoms with van der Waals surface area (Å²) >= 11 is 0. The zero-order valence-electron chi connectivity index (χ0n) is 12.4. The molecule has 108 valence electrons. The highest BCUT2D eigenvalue weighted by atomic mass is 31.0. The number of unbranched alkanes of at least 4 members (excludes halogenated alkanes) is 7. The normalized spacial score (nSPS) is 10.6. The smallest absolute Gasteiger partial charge is 0.119 e. The lowest BCUT2D eigenvalue weighted by Crippen LogP contribution is -1.97. The lowest BCUT2D eigenvalue weighted by Gasteiger charge is -2.06. The standard InChI is InChI=1S/C17H29OP/c1-2-3-4-5-6-7-8-9-14-18-17-12-10-16(15-19)11-13-17/h10-13H,2-9,14-15,19H2,1H3. The molecule has 0 bridgehead atoms. The molecule has 1 rings (SSSR count). The lowest BCUT2D eigenvalue weighted by molar-refractivity contribution is 0.304. The fraction of sp³-hybridized carbons (Fsp3) is 0.647. The van der Waals surface area contributed by atoms with Gasteiger partial charge in [0.15, 0.2) is 0 Å². The van der Waals surface area contributed by atoms with Crippen molar-refractivity contribution in [2.45, 2.75) is 64.5 Å². The van der Waals surface area contributed by atoms with Gasteiger partial charge >= 0.3 is 0 Å². The number of benzene rings is 1. The predicted octanol–water partition coefficient (Wildman–Crippen LogP) is 5.58. The third kappa shape index (κ3) is 8.26. The van der Waals surface area contributed by atoms with Crippen LogP contribution in [0.25, 0.3) is 0 Å². The van der Waals surface area contributed by atoms with E-state index in [1.807, 2.05) is 0 Å². The average Bonchev–Trinajstić information content (AvgIpc) is 2.46. The van der Waals surface area contributed by atoms with Crippen molar-refractivity contribution in [2.24, 2.45) is 0 Å². The van der Waals surface area contributed by atoms with Crippen LogP contribution < -0.4 is 4.74 Å². The van der Waals surface area contributed by atoms with Crippen molar-refractivity contribution in [3.63, 3.8) is 0 Å². The SMILES string of the molecule is CCCCCCCCCCOc1ccc(CP)cc1. The van der Waals surface area contributed by atoms with Crippen LogP contribution >= 0.6 is 9.24 Å². The maximum Gasteiger partial charge on any atom is 0.119 e. The van der Waals surface area contributed by atoms with Crippen molar-refractivity contribution >= 4 is 9.24 Å². The van der Waals surface area contributed by atoms with Gasteiger partial charge in [-0.2, -0.15) is 0 Å². The third-order valence-corrected chi connectivity index (χ3v) is 3.90. The molecule has 0 radical (unpaired) electrons. The number of hydrogen-bond acceptors (Lipinski definition) is 1. The van der Waals surface area contributed by atoms with E-state index in [-0.39, 0.29) is 0 Å². The predicted molar refractivity (Wildman–Crippen MR) is 88.0 cm³/mol. The van der Waals surface area contributed by atoms with Crippen LogP contribution in [-0.4, -0.2) is 6.61 Å². The summed E-state index contributed by atoms with van der Waals surface area (Å²) in [4.78, 5) is 0. The van der Waals surface area contributed by atoms with Crippen LogP contribution in [0.4, 0.5) is 0 Å². The summed E-state index contributed by atoms with van der Waals surface area (Å²) in [6.45, 7) is 3.12. The summed E-state index contributed by atoms with van der Waals surface area (Å²) in [6.07, 6.45) is 11.8. The first-order chi connectivity index (χ1) is 9.36. The summed E-state index contributed by atoms with van der Waals surface area (Å²) < 4.78 is 5.74. The summed E-state index contributed by atoms with van der Waals surface area (Å²) in [6, 6.07) is 8.42.